The lowest BCUT2D eigenvalue weighted by atomic mass is 10.2. The zero-order valence-corrected chi connectivity index (χ0v) is 9.03. The Morgan fingerprint density at radius 1 is 1.33 bits per heavy atom. The summed E-state index contributed by atoms with van der Waals surface area (Å²) in [5, 5.41) is 11.3. The zero-order chi connectivity index (χ0) is 11.3. The molecule has 1 heterocycles. The van der Waals surface area contributed by atoms with Gasteiger partial charge in [-0.1, -0.05) is 26.2 Å². The fraction of sp³-hybridized carbons (Fsp3) is 0.800. The van der Waals surface area contributed by atoms with Crippen LogP contribution in [0, 0.1) is 0 Å². The molecule has 5 heteroatoms. The van der Waals surface area contributed by atoms with Crippen molar-refractivity contribution >= 4 is 11.9 Å². The standard InChI is InChI=1S/C10H18N2O3/c1-2-3-4-5-6-12-9(14)8(7-13)11-10(12)15/h8,13H,2-7H2,1H3,(H,11,15). The van der Waals surface area contributed by atoms with Gasteiger partial charge < -0.3 is 10.4 Å². The average Bonchev–Trinajstić information content (AvgIpc) is 2.50. The summed E-state index contributed by atoms with van der Waals surface area (Å²) in [5.74, 6) is -0.306. The van der Waals surface area contributed by atoms with Crippen LogP contribution in [0.3, 0.4) is 0 Å². The van der Waals surface area contributed by atoms with E-state index < -0.39 is 6.04 Å². The number of carbonyl (C=O) groups is 2. The van der Waals surface area contributed by atoms with E-state index in [9.17, 15) is 9.59 Å². The molecular formula is C10H18N2O3. The lowest BCUT2D eigenvalue weighted by Gasteiger charge is -2.11. The SMILES string of the molecule is CCCCCCN1C(=O)NC(CO)C1=O. The van der Waals surface area contributed by atoms with E-state index in [4.69, 9.17) is 5.11 Å². The Bertz CT molecular complexity index is 243. The first-order valence-electron chi connectivity index (χ1n) is 5.43. The van der Waals surface area contributed by atoms with Crippen molar-refractivity contribution in [3.63, 3.8) is 0 Å². The van der Waals surface area contributed by atoms with Gasteiger partial charge >= 0.3 is 6.03 Å². The van der Waals surface area contributed by atoms with Crippen LogP contribution in [0.1, 0.15) is 32.6 Å². The lowest BCUT2D eigenvalue weighted by molar-refractivity contribution is -0.128. The Labute approximate surface area is 89.4 Å². The molecule has 0 bridgehead atoms. The van der Waals surface area contributed by atoms with Crippen LogP contribution < -0.4 is 5.32 Å². The molecule has 0 aliphatic carbocycles. The van der Waals surface area contributed by atoms with Crippen LogP contribution in [-0.4, -0.2) is 41.1 Å². The highest BCUT2D eigenvalue weighted by atomic mass is 16.3. The maximum absolute atomic E-state index is 11.5. The van der Waals surface area contributed by atoms with Gasteiger partial charge in [0.25, 0.3) is 5.91 Å². The maximum Gasteiger partial charge on any atom is 0.324 e. The van der Waals surface area contributed by atoms with Gasteiger partial charge in [-0.05, 0) is 6.42 Å². The van der Waals surface area contributed by atoms with Crippen molar-refractivity contribution in [3.05, 3.63) is 0 Å². The summed E-state index contributed by atoms with van der Waals surface area (Å²) in [6, 6.07) is -1.11. The molecule has 0 aromatic heterocycles. The Morgan fingerprint density at radius 3 is 2.60 bits per heavy atom. The predicted octanol–water partition coefficient (Wildman–Crippen LogP) is 0.479. The van der Waals surface area contributed by atoms with Crippen LogP contribution in [0.15, 0.2) is 0 Å². The Kier molecular flexibility index (Phi) is 4.55. The van der Waals surface area contributed by atoms with Gasteiger partial charge in [-0.15, -0.1) is 0 Å². The minimum absolute atomic E-state index is 0.306. The molecule has 0 saturated carbocycles. The number of nitrogens with zero attached hydrogens (tertiary/aromatic N) is 1. The van der Waals surface area contributed by atoms with Crippen molar-refractivity contribution in [2.24, 2.45) is 0 Å². The summed E-state index contributed by atoms with van der Waals surface area (Å²) in [6.07, 6.45) is 4.11. The molecule has 15 heavy (non-hydrogen) atoms. The number of imide groups is 1. The van der Waals surface area contributed by atoms with Crippen LogP contribution in [0.25, 0.3) is 0 Å². The molecule has 5 nitrogen and oxygen atoms in total. The van der Waals surface area contributed by atoms with Crippen molar-refractivity contribution in [2.45, 2.75) is 38.6 Å². The number of hydrogen-bond acceptors (Lipinski definition) is 3. The Morgan fingerprint density at radius 2 is 2.07 bits per heavy atom. The van der Waals surface area contributed by atoms with Crippen LogP contribution in [-0.2, 0) is 4.79 Å². The second-order valence-electron chi connectivity index (χ2n) is 3.74. The minimum Gasteiger partial charge on any atom is -0.394 e. The van der Waals surface area contributed by atoms with Gasteiger partial charge in [0.1, 0.15) is 6.04 Å². The molecule has 1 fully saturated rings. The third-order valence-corrected chi connectivity index (χ3v) is 2.52. The molecule has 0 aromatic carbocycles. The molecule has 86 valence electrons. The summed E-state index contributed by atoms with van der Waals surface area (Å²) in [6.45, 7) is 2.24. The molecule has 1 aliphatic rings. The van der Waals surface area contributed by atoms with Crippen molar-refractivity contribution in [1.82, 2.24) is 10.2 Å². The molecule has 0 aromatic rings. The van der Waals surface area contributed by atoms with E-state index in [-0.39, 0.29) is 18.5 Å². The number of aliphatic hydroxyl groups is 1. The zero-order valence-electron chi connectivity index (χ0n) is 9.03. The summed E-state index contributed by atoms with van der Waals surface area (Å²) < 4.78 is 0. The topological polar surface area (TPSA) is 69.6 Å². The van der Waals surface area contributed by atoms with Crippen molar-refractivity contribution < 1.29 is 14.7 Å². The lowest BCUT2D eigenvalue weighted by Crippen LogP contribution is -2.33. The van der Waals surface area contributed by atoms with Crippen LogP contribution in [0.2, 0.25) is 0 Å². The second kappa shape index (κ2) is 5.70. The number of urea groups is 1. The van der Waals surface area contributed by atoms with Crippen molar-refractivity contribution in [2.75, 3.05) is 13.2 Å². The minimum atomic E-state index is -0.733. The summed E-state index contributed by atoms with van der Waals surface area (Å²) in [7, 11) is 0. The van der Waals surface area contributed by atoms with E-state index in [1.165, 1.54) is 4.90 Å². The van der Waals surface area contributed by atoms with Gasteiger partial charge in [0, 0.05) is 6.54 Å². The molecule has 0 spiro atoms. The molecule has 3 amide bonds. The van der Waals surface area contributed by atoms with Gasteiger partial charge in [0.2, 0.25) is 0 Å². The highest BCUT2D eigenvalue weighted by Gasteiger charge is 2.36. The van der Waals surface area contributed by atoms with E-state index in [0.29, 0.717) is 6.54 Å². The molecule has 2 N–H and O–H groups in total. The van der Waals surface area contributed by atoms with Gasteiger partial charge in [0.05, 0.1) is 6.61 Å². The van der Waals surface area contributed by atoms with Crippen LogP contribution >= 0.6 is 0 Å². The first-order chi connectivity index (χ1) is 7.20. The molecule has 1 rings (SSSR count). The van der Waals surface area contributed by atoms with Crippen LogP contribution in [0.4, 0.5) is 4.79 Å². The summed E-state index contributed by atoms with van der Waals surface area (Å²) in [5.41, 5.74) is 0. The Balaban J connectivity index is 2.34. The van der Waals surface area contributed by atoms with E-state index in [1.807, 2.05) is 0 Å². The van der Waals surface area contributed by atoms with Gasteiger partial charge in [0.15, 0.2) is 0 Å². The van der Waals surface area contributed by atoms with E-state index in [2.05, 4.69) is 12.2 Å². The number of carbonyl (C=O) groups excluding carboxylic acids is 2. The summed E-state index contributed by atoms with van der Waals surface area (Å²) in [4.78, 5) is 24.0. The smallest absolute Gasteiger partial charge is 0.324 e. The van der Waals surface area contributed by atoms with Gasteiger partial charge in [-0.25, -0.2) is 4.79 Å². The highest BCUT2D eigenvalue weighted by Crippen LogP contribution is 2.08. The molecule has 0 radical (unpaired) electrons. The number of rotatable bonds is 6. The fourth-order valence-electron chi connectivity index (χ4n) is 1.61. The average molecular weight is 214 g/mol. The fourth-order valence-corrected chi connectivity index (χ4v) is 1.61. The number of aliphatic hydroxyl groups excluding tert-OH is 1. The van der Waals surface area contributed by atoms with Crippen molar-refractivity contribution in [3.8, 4) is 0 Å². The molecule has 1 saturated heterocycles. The van der Waals surface area contributed by atoms with Crippen molar-refractivity contribution in [1.29, 1.82) is 0 Å². The van der Waals surface area contributed by atoms with E-state index in [0.717, 1.165) is 25.7 Å². The van der Waals surface area contributed by atoms with E-state index >= 15 is 0 Å². The maximum atomic E-state index is 11.5. The quantitative estimate of drug-likeness (QED) is 0.499. The third-order valence-electron chi connectivity index (χ3n) is 2.52. The number of nitrogens with one attached hydrogen (secondary N) is 1. The molecular weight excluding hydrogens is 196 g/mol. The van der Waals surface area contributed by atoms with E-state index in [1.54, 1.807) is 0 Å². The van der Waals surface area contributed by atoms with Crippen LogP contribution in [0.5, 0.6) is 0 Å². The third kappa shape index (κ3) is 2.92. The first-order valence-corrected chi connectivity index (χ1v) is 5.43. The predicted molar refractivity (Wildman–Crippen MR) is 55.3 cm³/mol. The highest BCUT2D eigenvalue weighted by molar-refractivity contribution is 6.04. The van der Waals surface area contributed by atoms with Gasteiger partial charge in [-0.2, -0.15) is 0 Å². The first kappa shape index (κ1) is 12.0. The molecule has 1 unspecified atom stereocenters. The largest absolute Gasteiger partial charge is 0.394 e. The molecule has 1 aliphatic heterocycles. The Hall–Kier alpha value is -1.10. The molecule has 1 atom stereocenters. The normalized spacial score (nSPS) is 20.9. The monoisotopic (exact) mass is 214 g/mol. The second-order valence-corrected chi connectivity index (χ2v) is 3.74. The van der Waals surface area contributed by atoms with Gasteiger partial charge in [-0.3, -0.25) is 9.69 Å². The number of amides is 3. The number of unbranched alkanes of at least 4 members (excludes halogenated alkanes) is 3. The summed E-state index contributed by atoms with van der Waals surface area (Å²) >= 11 is 0. The number of hydrogen-bond donors (Lipinski definition) is 2.